The number of carbonyl (C=O) groups is 1. The zero-order valence-corrected chi connectivity index (χ0v) is 11.1. The Bertz CT molecular complexity index is 436. The van der Waals surface area contributed by atoms with Crippen molar-refractivity contribution in [3.8, 4) is 0 Å². The summed E-state index contributed by atoms with van der Waals surface area (Å²) >= 11 is 0. The van der Waals surface area contributed by atoms with Crippen LogP contribution in [-0.2, 0) is 4.74 Å². The first-order valence-electron chi connectivity index (χ1n) is 6.28. The predicted octanol–water partition coefficient (Wildman–Crippen LogP) is 1.89. The maximum absolute atomic E-state index is 11.5. The van der Waals surface area contributed by atoms with E-state index in [0.717, 1.165) is 18.8 Å². The average molecular weight is 249 g/mol. The number of rotatable bonds is 2. The molecule has 2 heterocycles. The lowest BCUT2D eigenvalue weighted by Gasteiger charge is -2.37. The third-order valence-electron chi connectivity index (χ3n) is 3.43. The van der Waals surface area contributed by atoms with Gasteiger partial charge >= 0.3 is 5.97 Å². The Morgan fingerprint density at radius 3 is 2.89 bits per heavy atom. The Balaban J connectivity index is 2.24. The molecular formula is C13H19N3O2. The van der Waals surface area contributed by atoms with Gasteiger partial charge in [-0.15, -0.1) is 0 Å². The van der Waals surface area contributed by atoms with Gasteiger partial charge in [-0.05, 0) is 25.7 Å². The van der Waals surface area contributed by atoms with Gasteiger partial charge in [0.25, 0.3) is 0 Å². The molecule has 1 saturated heterocycles. The third kappa shape index (κ3) is 2.60. The highest BCUT2D eigenvalue weighted by atomic mass is 16.5. The quantitative estimate of drug-likeness (QED) is 0.749. The van der Waals surface area contributed by atoms with Gasteiger partial charge in [0.05, 0.1) is 19.5 Å². The largest absolute Gasteiger partial charge is 0.464 e. The van der Waals surface area contributed by atoms with Crippen LogP contribution in [0.25, 0.3) is 0 Å². The monoisotopic (exact) mass is 249 g/mol. The molecule has 1 aliphatic rings. The summed E-state index contributed by atoms with van der Waals surface area (Å²) in [5.41, 5.74) is 0.264. The van der Waals surface area contributed by atoms with Crippen molar-refractivity contribution >= 4 is 11.8 Å². The van der Waals surface area contributed by atoms with Crippen LogP contribution in [0.3, 0.4) is 0 Å². The van der Waals surface area contributed by atoms with Gasteiger partial charge in [0.2, 0.25) is 0 Å². The molecule has 0 aliphatic carbocycles. The van der Waals surface area contributed by atoms with E-state index in [2.05, 4.69) is 33.5 Å². The number of esters is 1. The summed E-state index contributed by atoms with van der Waals surface area (Å²) < 4.78 is 4.67. The van der Waals surface area contributed by atoms with E-state index in [1.807, 2.05) is 0 Å². The number of carbonyl (C=O) groups excluding carboxylic acids is 1. The maximum atomic E-state index is 11.5. The van der Waals surface area contributed by atoms with Crippen molar-refractivity contribution in [3.63, 3.8) is 0 Å². The number of aromatic nitrogens is 2. The van der Waals surface area contributed by atoms with E-state index in [1.165, 1.54) is 19.7 Å². The van der Waals surface area contributed by atoms with Gasteiger partial charge in [-0.3, -0.25) is 4.98 Å². The van der Waals surface area contributed by atoms with Gasteiger partial charge in [0.1, 0.15) is 5.82 Å². The molecule has 0 N–H and O–H groups in total. The van der Waals surface area contributed by atoms with Gasteiger partial charge in [0, 0.05) is 12.6 Å². The Morgan fingerprint density at radius 1 is 1.39 bits per heavy atom. The van der Waals surface area contributed by atoms with Crippen molar-refractivity contribution in [2.24, 2.45) is 5.92 Å². The Morgan fingerprint density at radius 2 is 2.17 bits per heavy atom. The molecule has 2 atom stereocenters. The number of piperidine rings is 1. The average Bonchev–Trinajstić information content (AvgIpc) is 2.40. The van der Waals surface area contributed by atoms with Crippen molar-refractivity contribution < 1.29 is 9.53 Å². The topological polar surface area (TPSA) is 55.3 Å². The number of nitrogens with zero attached hydrogens (tertiary/aromatic N) is 3. The first-order chi connectivity index (χ1) is 8.61. The van der Waals surface area contributed by atoms with Gasteiger partial charge in [-0.2, -0.15) is 0 Å². The van der Waals surface area contributed by atoms with Crippen molar-refractivity contribution in [2.45, 2.75) is 32.7 Å². The minimum absolute atomic E-state index is 0.264. The van der Waals surface area contributed by atoms with E-state index in [1.54, 1.807) is 6.20 Å². The van der Waals surface area contributed by atoms with Crippen LogP contribution in [0.5, 0.6) is 0 Å². The highest BCUT2D eigenvalue weighted by Crippen LogP contribution is 2.25. The molecule has 0 amide bonds. The van der Waals surface area contributed by atoms with Crippen LogP contribution in [0.1, 0.15) is 37.2 Å². The highest BCUT2D eigenvalue weighted by Gasteiger charge is 2.24. The van der Waals surface area contributed by atoms with E-state index < -0.39 is 5.97 Å². The molecule has 0 radical (unpaired) electrons. The molecule has 2 rings (SSSR count). The van der Waals surface area contributed by atoms with Gasteiger partial charge < -0.3 is 9.64 Å². The van der Waals surface area contributed by atoms with Crippen LogP contribution in [0, 0.1) is 5.92 Å². The summed E-state index contributed by atoms with van der Waals surface area (Å²) in [6, 6.07) is 0.434. The molecule has 0 bridgehead atoms. The fraction of sp³-hybridized carbons (Fsp3) is 0.615. The lowest BCUT2D eigenvalue weighted by atomic mass is 9.95. The van der Waals surface area contributed by atoms with E-state index in [0.29, 0.717) is 12.0 Å². The van der Waals surface area contributed by atoms with Crippen LogP contribution in [-0.4, -0.2) is 35.6 Å². The van der Waals surface area contributed by atoms with Crippen molar-refractivity contribution in [3.05, 3.63) is 18.1 Å². The van der Waals surface area contributed by atoms with Crippen LogP contribution in [0.2, 0.25) is 0 Å². The molecule has 1 aliphatic heterocycles. The van der Waals surface area contributed by atoms with Gasteiger partial charge in [-0.25, -0.2) is 9.78 Å². The Hall–Kier alpha value is -1.65. The van der Waals surface area contributed by atoms with Crippen LogP contribution >= 0.6 is 0 Å². The van der Waals surface area contributed by atoms with Crippen LogP contribution in [0.4, 0.5) is 5.82 Å². The van der Waals surface area contributed by atoms with E-state index in [9.17, 15) is 4.79 Å². The van der Waals surface area contributed by atoms with E-state index in [4.69, 9.17) is 0 Å². The molecule has 98 valence electrons. The van der Waals surface area contributed by atoms with E-state index >= 15 is 0 Å². The number of methoxy groups -OCH3 is 1. The SMILES string of the molecule is COC(=O)c1cncc(N2CC(C)CCC2C)n1. The minimum atomic E-state index is -0.443. The lowest BCUT2D eigenvalue weighted by molar-refractivity contribution is 0.0593. The number of hydrogen-bond acceptors (Lipinski definition) is 5. The molecule has 18 heavy (non-hydrogen) atoms. The molecule has 1 aromatic rings. The maximum Gasteiger partial charge on any atom is 0.358 e. The van der Waals surface area contributed by atoms with Gasteiger partial charge in [0.15, 0.2) is 5.69 Å². The summed E-state index contributed by atoms with van der Waals surface area (Å²) in [6.07, 6.45) is 5.53. The zero-order chi connectivity index (χ0) is 13.1. The minimum Gasteiger partial charge on any atom is -0.464 e. The highest BCUT2D eigenvalue weighted by molar-refractivity contribution is 5.87. The summed E-state index contributed by atoms with van der Waals surface area (Å²) in [7, 11) is 1.35. The predicted molar refractivity (Wildman–Crippen MR) is 68.6 cm³/mol. The standard InChI is InChI=1S/C13H19N3O2/c1-9-4-5-10(2)16(8-9)12-7-14-6-11(15-12)13(17)18-3/h6-7,9-10H,4-5,8H2,1-3H3. The third-order valence-corrected chi connectivity index (χ3v) is 3.43. The van der Waals surface area contributed by atoms with Crippen LogP contribution < -0.4 is 4.90 Å². The second kappa shape index (κ2) is 5.33. The number of ether oxygens (including phenoxy) is 1. The number of hydrogen-bond donors (Lipinski definition) is 0. The van der Waals surface area contributed by atoms with Gasteiger partial charge in [-0.1, -0.05) is 6.92 Å². The molecular weight excluding hydrogens is 230 g/mol. The molecule has 2 unspecified atom stereocenters. The number of anilines is 1. The summed E-state index contributed by atoms with van der Waals surface area (Å²) in [5.74, 6) is 0.962. The lowest BCUT2D eigenvalue weighted by Crippen LogP contribution is -2.41. The zero-order valence-electron chi connectivity index (χ0n) is 11.1. The fourth-order valence-corrected chi connectivity index (χ4v) is 2.30. The molecule has 1 fully saturated rings. The Kier molecular flexibility index (Phi) is 3.79. The second-order valence-electron chi connectivity index (χ2n) is 4.94. The molecule has 0 aromatic carbocycles. The summed E-state index contributed by atoms with van der Waals surface area (Å²) in [5, 5.41) is 0. The van der Waals surface area contributed by atoms with Crippen molar-refractivity contribution in [1.82, 2.24) is 9.97 Å². The smallest absolute Gasteiger partial charge is 0.358 e. The molecule has 0 spiro atoms. The summed E-state index contributed by atoms with van der Waals surface area (Å²) in [6.45, 7) is 5.37. The molecule has 1 aromatic heterocycles. The first-order valence-corrected chi connectivity index (χ1v) is 6.28. The molecule has 5 nitrogen and oxygen atoms in total. The second-order valence-corrected chi connectivity index (χ2v) is 4.94. The molecule has 5 heteroatoms. The summed E-state index contributed by atoms with van der Waals surface area (Å²) in [4.78, 5) is 22.1. The fourth-order valence-electron chi connectivity index (χ4n) is 2.30. The Labute approximate surface area is 107 Å². The van der Waals surface area contributed by atoms with Crippen molar-refractivity contribution in [2.75, 3.05) is 18.6 Å². The first kappa shape index (κ1) is 12.8. The molecule has 0 saturated carbocycles. The van der Waals surface area contributed by atoms with Crippen LogP contribution in [0.15, 0.2) is 12.4 Å². The van der Waals surface area contributed by atoms with Crippen molar-refractivity contribution in [1.29, 1.82) is 0 Å². The van der Waals surface area contributed by atoms with E-state index in [-0.39, 0.29) is 5.69 Å². The normalized spacial score (nSPS) is 23.8.